The largest absolute Gasteiger partial charge is 0.469 e. The Balaban J connectivity index is 1.92. The molecule has 0 atom stereocenters. The average Bonchev–Trinajstić information content (AvgIpc) is 2.86. The lowest BCUT2D eigenvalue weighted by molar-refractivity contribution is -0.139. The Morgan fingerprint density at radius 3 is 2.55 bits per heavy atom. The van der Waals surface area contributed by atoms with Crippen molar-refractivity contribution in [2.45, 2.75) is 32.7 Å². The van der Waals surface area contributed by atoms with Crippen molar-refractivity contribution in [2.75, 3.05) is 38.2 Å². The van der Waals surface area contributed by atoms with Crippen molar-refractivity contribution in [3.05, 3.63) is 11.1 Å². The summed E-state index contributed by atoms with van der Waals surface area (Å²) in [5.74, 6) is -0.237. The Hall–Kier alpha value is -1.14. The van der Waals surface area contributed by atoms with Crippen LogP contribution in [-0.4, -0.2) is 54.7 Å². The van der Waals surface area contributed by atoms with Gasteiger partial charge in [-0.15, -0.1) is 11.3 Å². The lowest BCUT2D eigenvalue weighted by Crippen LogP contribution is -2.53. The van der Waals surface area contributed by atoms with Crippen molar-refractivity contribution in [1.82, 2.24) is 9.88 Å². The van der Waals surface area contributed by atoms with E-state index in [0.717, 1.165) is 37.0 Å². The number of piperazine rings is 1. The molecular weight excluding hydrogens is 274 g/mol. The summed E-state index contributed by atoms with van der Waals surface area (Å²) in [6.07, 6.45) is 0.259. The number of thiazole rings is 1. The lowest BCUT2D eigenvalue weighted by Gasteiger charge is -2.42. The predicted molar refractivity (Wildman–Crippen MR) is 81.4 cm³/mol. The molecule has 1 aromatic heterocycles. The lowest BCUT2D eigenvalue weighted by atomic mass is 10.1. The predicted octanol–water partition coefficient (Wildman–Crippen LogP) is 1.78. The topological polar surface area (TPSA) is 45.7 Å². The van der Waals surface area contributed by atoms with Gasteiger partial charge in [0.2, 0.25) is 0 Å². The van der Waals surface area contributed by atoms with E-state index in [4.69, 9.17) is 0 Å². The molecule has 0 spiro atoms. The zero-order chi connectivity index (χ0) is 14.8. The third-order valence-electron chi connectivity index (χ3n) is 3.59. The summed E-state index contributed by atoms with van der Waals surface area (Å²) in [7, 11) is 1.40. The van der Waals surface area contributed by atoms with Crippen LogP contribution in [0.5, 0.6) is 0 Å². The molecule has 0 saturated carbocycles. The zero-order valence-electron chi connectivity index (χ0n) is 12.7. The second kappa shape index (κ2) is 6.10. The van der Waals surface area contributed by atoms with Crippen LogP contribution in [0.25, 0.3) is 0 Å². The van der Waals surface area contributed by atoms with Gasteiger partial charge in [0, 0.05) is 37.1 Å². The molecule has 0 amide bonds. The number of carbonyl (C=O) groups is 1. The Labute approximate surface area is 124 Å². The van der Waals surface area contributed by atoms with Gasteiger partial charge in [-0.25, -0.2) is 4.98 Å². The van der Waals surface area contributed by atoms with Crippen LogP contribution >= 0.6 is 11.3 Å². The molecular formula is C14H23N3O2S. The number of carbonyl (C=O) groups excluding carboxylic acids is 1. The molecule has 5 nitrogen and oxygen atoms in total. The molecule has 0 unspecified atom stereocenters. The minimum Gasteiger partial charge on any atom is -0.469 e. The highest BCUT2D eigenvalue weighted by Crippen LogP contribution is 2.24. The van der Waals surface area contributed by atoms with Gasteiger partial charge in [-0.3, -0.25) is 9.69 Å². The second-order valence-corrected chi connectivity index (χ2v) is 6.86. The normalized spacial score (nSPS) is 17.3. The number of nitrogens with zero attached hydrogens (tertiary/aromatic N) is 3. The summed E-state index contributed by atoms with van der Waals surface area (Å²) in [6, 6.07) is 0. The Bertz CT molecular complexity index is 459. The van der Waals surface area contributed by atoms with E-state index in [0.29, 0.717) is 0 Å². The number of rotatable bonds is 3. The van der Waals surface area contributed by atoms with E-state index in [1.54, 1.807) is 11.3 Å². The number of esters is 1. The summed E-state index contributed by atoms with van der Waals surface area (Å²) < 4.78 is 4.67. The smallest absolute Gasteiger partial charge is 0.311 e. The maximum Gasteiger partial charge on any atom is 0.311 e. The summed E-state index contributed by atoms with van der Waals surface area (Å²) in [5.41, 5.74) is 1.03. The molecule has 1 aliphatic heterocycles. The van der Waals surface area contributed by atoms with E-state index in [1.807, 2.05) is 5.38 Å². The molecule has 1 fully saturated rings. The molecule has 112 valence electrons. The quantitative estimate of drug-likeness (QED) is 0.796. The highest BCUT2D eigenvalue weighted by atomic mass is 32.1. The first-order valence-electron chi connectivity index (χ1n) is 6.91. The first-order valence-corrected chi connectivity index (χ1v) is 7.79. The molecule has 0 N–H and O–H groups in total. The van der Waals surface area contributed by atoms with Gasteiger partial charge in [-0.2, -0.15) is 0 Å². The Kier molecular flexibility index (Phi) is 4.65. The van der Waals surface area contributed by atoms with E-state index >= 15 is 0 Å². The fraction of sp³-hybridized carbons (Fsp3) is 0.714. The molecule has 20 heavy (non-hydrogen) atoms. The third kappa shape index (κ3) is 3.70. The van der Waals surface area contributed by atoms with E-state index < -0.39 is 0 Å². The molecule has 2 heterocycles. The molecule has 0 aromatic carbocycles. The van der Waals surface area contributed by atoms with Crippen molar-refractivity contribution in [3.63, 3.8) is 0 Å². The Morgan fingerprint density at radius 2 is 2.00 bits per heavy atom. The van der Waals surface area contributed by atoms with Crippen LogP contribution in [0.15, 0.2) is 5.38 Å². The van der Waals surface area contributed by atoms with Crippen molar-refractivity contribution < 1.29 is 9.53 Å². The van der Waals surface area contributed by atoms with Gasteiger partial charge in [-0.05, 0) is 20.8 Å². The molecule has 6 heteroatoms. The van der Waals surface area contributed by atoms with Crippen LogP contribution in [-0.2, 0) is 16.0 Å². The Morgan fingerprint density at radius 1 is 1.35 bits per heavy atom. The first kappa shape index (κ1) is 15.3. The minimum absolute atomic E-state index is 0.227. The number of ether oxygens (including phenoxy) is 1. The number of hydrogen-bond donors (Lipinski definition) is 0. The fourth-order valence-corrected chi connectivity index (χ4v) is 3.19. The van der Waals surface area contributed by atoms with E-state index in [9.17, 15) is 4.79 Å². The molecule has 0 radical (unpaired) electrons. The van der Waals surface area contributed by atoms with Crippen molar-refractivity contribution in [1.29, 1.82) is 0 Å². The summed E-state index contributed by atoms with van der Waals surface area (Å²) in [5, 5.41) is 2.96. The SMILES string of the molecule is COC(=O)Cc1csc(N2CCN(C(C)(C)C)CC2)n1. The van der Waals surface area contributed by atoms with Gasteiger partial charge in [0.05, 0.1) is 19.2 Å². The van der Waals surface area contributed by atoms with Gasteiger partial charge in [-0.1, -0.05) is 0 Å². The third-order valence-corrected chi connectivity index (χ3v) is 4.54. The van der Waals surface area contributed by atoms with Gasteiger partial charge in [0.1, 0.15) is 0 Å². The molecule has 1 aliphatic rings. The monoisotopic (exact) mass is 297 g/mol. The molecule has 1 aromatic rings. The number of anilines is 1. The van der Waals surface area contributed by atoms with Gasteiger partial charge in [0.25, 0.3) is 0 Å². The van der Waals surface area contributed by atoms with Gasteiger partial charge < -0.3 is 9.64 Å². The highest BCUT2D eigenvalue weighted by molar-refractivity contribution is 7.13. The minimum atomic E-state index is -0.237. The number of hydrogen-bond acceptors (Lipinski definition) is 6. The van der Waals surface area contributed by atoms with Crippen molar-refractivity contribution in [3.8, 4) is 0 Å². The maximum absolute atomic E-state index is 11.2. The molecule has 1 saturated heterocycles. The van der Waals surface area contributed by atoms with Crippen LogP contribution in [0.1, 0.15) is 26.5 Å². The van der Waals surface area contributed by atoms with Gasteiger partial charge in [0.15, 0.2) is 5.13 Å². The molecule has 0 bridgehead atoms. The van der Waals surface area contributed by atoms with Crippen LogP contribution < -0.4 is 4.90 Å². The fourth-order valence-electron chi connectivity index (χ4n) is 2.31. The average molecular weight is 297 g/mol. The molecule has 0 aliphatic carbocycles. The van der Waals surface area contributed by atoms with Crippen LogP contribution in [0, 0.1) is 0 Å². The zero-order valence-corrected chi connectivity index (χ0v) is 13.5. The van der Waals surface area contributed by atoms with E-state index in [1.165, 1.54) is 7.11 Å². The van der Waals surface area contributed by atoms with Crippen LogP contribution in [0.4, 0.5) is 5.13 Å². The second-order valence-electron chi connectivity index (χ2n) is 6.02. The highest BCUT2D eigenvalue weighted by Gasteiger charge is 2.26. The number of methoxy groups -OCH3 is 1. The van der Waals surface area contributed by atoms with Crippen LogP contribution in [0.3, 0.4) is 0 Å². The summed E-state index contributed by atoms with van der Waals surface area (Å²) in [6.45, 7) is 10.8. The number of aromatic nitrogens is 1. The standard InChI is InChI=1S/C14H23N3O2S/c1-14(2,3)17-7-5-16(6-8-17)13-15-11(10-20-13)9-12(18)19-4/h10H,5-9H2,1-4H3. The van der Waals surface area contributed by atoms with Gasteiger partial charge >= 0.3 is 5.97 Å². The van der Waals surface area contributed by atoms with Crippen molar-refractivity contribution in [2.24, 2.45) is 0 Å². The summed E-state index contributed by atoms with van der Waals surface area (Å²) in [4.78, 5) is 20.6. The molecule has 2 rings (SSSR count). The van der Waals surface area contributed by atoms with Crippen molar-refractivity contribution >= 4 is 22.4 Å². The van der Waals surface area contributed by atoms with E-state index in [-0.39, 0.29) is 17.9 Å². The van der Waals surface area contributed by atoms with Crippen LogP contribution in [0.2, 0.25) is 0 Å². The first-order chi connectivity index (χ1) is 9.40. The summed E-state index contributed by atoms with van der Waals surface area (Å²) >= 11 is 1.61. The van der Waals surface area contributed by atoms with E-state index in [2.05, 4.69) is 40.3 Å². The maximum atomic E-state index is 11.2.